The van der Waals surface area contributed by atoms with E-state index in [9.17, 15) is 33.4 Å². The number of sulfone groups is 1. The Hall–Kier alpha value is -3.67. The van der Waals surface area contributed by atoms with Crippen LogP contribution in [0.1, 0.15) is 91.4 Å². The van der Waals surface area contributed by atoms with Gasteiger partial charge in [0.1, 0.15) is 19.3 Å². The summed E-state index contributed by atoms with van der Waals surface area (Å²) in [6, 6.07) is 7.31. The van der Waals surface area contributed by atoms with Crippen LogP contribution in [0, 0.1) is 63.6 Å². The maximum atomic E-state index is 12.8. The second kappa shape index (κ2) is 15.4. The molecule has 6 rings (SSSR count). The van der Waals surface area contributed by atoms with E-state index in [1.165, 1.54) is 24.3 Å². The number of carbonyl (C=O) groups is 2. The fraction of sp³-hybridized carbons (Fsp3) is 0.684. The van der Waals surface area contributed by atoms with Gasteiger partial charge >= 0.3 is 16.9 Å². The Morgan fingerprint density at radius 1 is 1.10 bits per heavy atom. The number of hydrogen-bond acceptors (Lipinski definition) is 11. The van der Waals surface area contributed by atoms with Crippen LogP contribution in [0.3, 0.4) is 0 Å². The number of aliphatic hydroxyl groups excluding tert-OH is 2. The lowest BCUT2D eigenvalue weighted by atomic mass is 9.43. The minimum atomic E-state index is -4.25. The molecule has 2 aromatic rings. The summed E-state index contributed by atoms with van der Waals surface area (Å²) in [5.74, 6) is 3.51. The van der Waals surface area contributed by atoms with E-state index >= 15 is 0 Å². The quantitative estimate of drug-likeness (QED) is 0.131. The Balaban J connectivity index is 0.915. The Kier molecular flexibility index (Phi) is 11.2. The van der Waals surface area contributed by atoms with Crippen molar-refractivity contribution in [2.75, 3.05) is 13.2 Å². The van der Waals surface area contributed by atoms with Crippen molar-refractivity contribution in [2.24, 2.45) is 46.3 Å². The normalized spacial score (nSPS) is 33.0. The van der Waals surface area contributed by atoms with Gasteiger partial charge in [-0.15, -0.1) is 0 Å². The molecule has 13 nitrogen and oxygen atoms in total. The fourth-order valence-corrected chi connectivity index (χ4v) is 11.9. The Morgan fingerprint density at radius 3 is 2.60 bits per heavy atom. The maximum Gasteiger partial charge on any atom is 0.415 e. The number of esters is 1. The molecule has 284 valence electrons. The van der Waals surface area contributed by atoms with Crippen molar-refractivity contribution in [3.63, 3.8) is 0 Å². The summed E-state index contributed by atoms with van der Waals surface area (Å²) in [5.41, 5.74) is 0.313. The predicted molar refractivity (Wildman–Crippen MR) is 185 cm³/mol. The van der Waals surface area contributed by atoms with Gasteiger partial charge in [-0.3, -0.25) is 9.42 Å². The van der Waals surface area contributed by atoms with E-state index in [4.69, 9.17) is 9.47 Å². The summed E-state index contributed by atoms with van der Waals surface area (Å²) in [7, 11) is -4.25. The number of nitrogens with one attached hydrogen (secondary N) is 1. The second-order valence-electron chi connectivity index (χ2n) is 16.0. The molecule has 10 atom stereocenters. The summed E-state index contributed by atoms with van der Waals surface area (Å²) in [4.78, 5) is 24.5. The molecule has 0 saturated heterocycles. The van der Waals surface area contributed by atoms with Crippen LogP contribution in [0.25, 0.3) is 0 Å². The molecule has 3 N–H and O–H groups in total. The third-order valence-electron chi connectivity index (χ3n) is 13.2. The van der Waals surface area contributed by atoms with Gasteiger partial charge in [-0.1, -0.05) is 44.9 Å². The third-order valence-corrected chi connectivity index (χ3v) is 15.0. The van der Waals surface area contributed by atoms with E-state index in [0.29, 0.717) is 48.3 Å². The smallest absolute Gasteiger partial charge is 0.415 e. The van der Waals surface area contributed by atoms with Crippen molar-refractivity contribution in [3.8, 4) is 17.9 Å². The van der Waals surface area contributed by atoms with Gasteiger partial charge < -0.3 is 30.2 Å². The predicted octanol–water partition coefficient (Wildman–Crippen LogP) is 3.94. The Labute approximate surface area is 305 Å². The third kappa shape index (κ3) is 7.41. The number of benzene rings is 1. The Morgan fingerprint density at radius 2 is 1.83 bits per heavy atom. The summed E-state index contributed by atoms with van der Waals surface area (Å²) < 4.78 is 40.3. The largest absolute Gasteiger partial charge is 0.453 e. The molecule has 0 radical (unpaired) electrons. The molecule has 0 aliphatic heterocycles. The van der Waals surface area contributed by atoms with Crippen molar-refractivity contribution in [1.82, 2.24) is 10.5 Å². The van der Waals surface area contributed by atoms with Crippen LogP contribution in [0.2, 0.25) is 0 Å². The van der Waals surface area contributed by atoms with Crippen molar-refractivity contribution in [1.29, 1.82) is 0 Å². The maximum absolute atomic E-state index is 12.8. The molecule has 52 heavy (non-hydrogen) atoms. The lowest BCUT2D eigenvalue weighted by Gasteiger charge is -2.62. The van der Waals surface area contributed by atoms with E-state index < -0.39 is 26.7 Å². The number of aromatic nitrogens is 2. The first-order valence-electron chi connectivity index (χ1n) is 18.6. The van der Waals surface area contributed by atoms with E-state index in [1.807, 2.05) is 0 Å². The van der Waals surface area contributed by atoms with E-state index in [2.05, 4.69) is 47.9 Å². The highest BCUT2D eigenvalue weighted by Gasteiger charge is 2.62. The molecule has 4 saturated carbocycles. The number of nitrogens with zero attached hydrogens (tertiary/aromatic N) is 2. The van der Waals surface area contributed by atoms with Gasteiger partial charge in [-0.25, -0.2) is 13.2 Å². The molecular formula is C38H51N3O10S. The number of aliphatic hydroxyl groups is 2. The molecule has 0 bridgehead atoms. The van der Waals surface area contributed by atoms with Gasteiger partial charge in [0.25, 0.3) is 9.84 Å². The summed E-state index contributed by atoms with van der Waals surface area (Å²) in [6.45, 7) is 6.57. The lowest BCUT2D eigenvalue weighted by Crippen LogP contribution is -2.58. The van der Waals surface area contributed by atoms with Crippen molar-refractivity contribution in [2.45, 2.75) is 114 Å². The highest BCUT2D eigenvalue weighted by Crippen LogP contribution is 2.68. The zero-order chi connectivity index (χ0) is 37.3. The lowest BCUT2D eigenvalue weighted by molar-refractivity contribution is -0.832. The molecule has 1 amide bonds. The highest BCUT2D eigenvalue weighted by molar-refractivity contribution is 7.91. The molecule has 0 spiro atoms. The van der Waals surface area contributed by atoms with E-state index in [1.54, 1.807) is 6.07 Å². The zero-order valence-electron chi connectivity index (χ0n) is 30.2. The molecule has 1 aromatic carbocycles. The Bertz CT molecular complexity index is 1770. The molecule has 1 aromatic heterocycles. The van der Waals surface area contributed by atoms with Crippen LogP contribution in [0.5, 0.6) is 5.88 Å². The van der Waals surface area contributed by atoms with Crippen molar-refractivity contribution >= 4 is 21.7 Å². The van der Waals surface area contributed by atoms with Crippen molar-refractivity contribution < 1.29 is 47.2 Å². The van der Waals surface area contributed by atoms with Gasteiger partial charge in [0.15, 0.2) is 0 Å². The molecule has 4 aliphatic rings. The highest BCUT2D eigenvalue weighted by atomic mass is 32.2. The molecule has 1 unspecified atom stereocenters. The van der Waals surface area contributed by atoms with Crippen LogP contribution in [-0.2, 0) is 24.2 Å². The van der Waals surface area contributed by atoms with Gasteiger partial charge in [-0.2, -0.15) is 0 Å². The van der Waals surface area contributed by atoms with E-state index in [0.717, 1.165) is 51.4 Å². The summed E-state index contributed by atoms with van der Waals surface area (Å²) >= 11 is 0. The van der Waals surface area contributed by atoms with Gasteiger partial charge in [0.2, 0.25) is 5.91 Å². The van der Waals surface area contributed by atoms with Crippen LogP contribution >= 0.6 is 0 Å². The SMILES string of the molecule is C[C@H](CCC(=O)NCC(=O)OC#CCCOc1no[n+]([O-])c1S(=O)(=O)c1ccccc1)[C@H]1CC[C@H]2C3[C@@H](O)C[C@@H]4C[C@H](O)CC[C@]4(C)[C@H]3CC[C@]12C. The standard InChI is InChI=1S/C38H51N3O10S/c1-24(28-12-13-29-34-30(16-18-38(28,29)3)37(2)17-15-26(42)21-25(37)22-31(34)43)11-14-32(44)39-23-33(45)49-19-7-8-20-50-35-36(41(46)51-40-35)52(47,48)27-9-5-4-6-10-27/h4-6,9-10,24-26,28-31,34,42-43H,8,11-18,20-23H2,1-3H3,(H,39,44)/t24-,25+,26-,28-,29+,30+,31+,34?,37+,38-/m1/s1. The molecule has 1 heterocycles. The number of rotatable bonds is 11. The second-order valence-corrected chi connectivity index (χ2v) is 17.8. The minimum absolute atomic E-state index is 0.0132. The molecule has 14 heteroatoms. The average molecular weight is 742 g/mol. The topological polar surface area (TPSA) is 192 Å². The van der Waals surface area contributed by atoms with Crippen LogP contribution in [0.15, 0.2) is 44.9 Å². The number of amides is 1. The van der Waals surface area contributed by atoms with Crippen LogP contribution < -0.4 is 15.0 Å². The van der Waals surface area contributed by atoms with Gasteiger partial charge in [0, 0.05) is 12.8 Å². The number of fused-ring (bicyclic) bond motifs is 5. The number of carbonyl (C=O) groups excluding carboxylic acids is 2. The van der Waals surface area contributed by atoms with Crippen LogP contribution in [-0.4, -0.2) is 61.0 Å². The molecular weight excluding hydrogens is 690 g/mol. The summed E-state index contributed by atoms with van der Waals surface area (Å²) in [5, 5.41) is 39.0. The average Bonchev–Trinajstić information content (AvgIpc) is 3.68. The monoisotopic (exact) mass is 741 g/mol. The number of hydrogen-bond donors (Lipinski definition) is 3. The fourth-order valence-electron chi connectivity index (χ4n) is 10.6. The first-order chi connectivity index (χ1) is 24.8. The first-order valence-corrected chi connectivity index (χ1v) is 20.1. The minimum Gasteiger partial charge on any atom is -0.453 e. The van der Waals surface area contributed by atoms with Gasteiger partial charge in [-0.05, 0) is 121 Å². The van der Waals surface area contributed by atoms with Crippen molar-refractivity contribution in [3.05, 3.63) is 35.5 Å². The molecule has 4 fully saturated rings. The molecule has 4 aliphatic carbocycles. The van der Waals surface area contributed by atoms with Crippen LogP contribution in [0.4, 0.5) is 0 Å². The first kappa shape index (κ1) is 38.1. The number of ether oxygens (including phenoxy) is 2. The van der Waals surface area contributed by atoms with Gasteiger partial charge in [0.05, 0.1) is 22.3 Å². The zero-order valence-corrected chi connectivity index (χ0v) is 31.0. The summed E-state index contributed by atoms with van der Waals surface area (Å²) in [6.07, 6.45) is 10.7. The van der Waals surface area contributed by atoms with E-state index in [-0.39, 0.29) is 58.3 Å².